The van der Waals surface area contributed by atoms with Gasteiger partial charge >= 0.3 is 0 Å². The SMILES string of the molecule is CCCOc1cc(OCc2ccccc2)ccc1CC. The third-order valence-corrected chi connectivity index (χ3v) is 3.13. The van der Waals surface area contributed by atoms with Gasteiger partial charge in [-0.1, -0.05) is 50.2 Å². The number of aryl methyl sites for hydroxylation is 1. The summed E-state index contributed by atoms with van der Waals surface area (Å²) in [5.41, 5.74) is 2.40. The average Bonchev–Trinajstić information content (AvgIpc) is 2.52. The normalized spacial score (nSPS) is 10.3. The molecule has 2 rings (SSSR count). The van der Waals surface area contributed by atoms with Crippen LogP contribution in [0.5, 0.6) is 11.5 Å². The zero-order chi connectivity index (χ0) is 14.2. The van der Waals surface area contributed by atoms with Crippen LogP contribution >= 0.6 is 0 Å². The minimum atomic E-state index is 0.583. The lowest BCUT2D eigenvalue weighted by atomic mass is 10.1. The number of rotatable bonds is 7. The molecule has 0 bridgehead atoms. The van der Waals surface area contributed by atoms with Crippen LogP contribution < -0.4 is 9.47 Å². The molecule has 0 atom stereocenters. The number of hydrogen-bond acceptors (Lipinski definition) is 2. The molecule has 0 aliphatic carbocycles. The van der Waals surface area contributed by atoms with Crippen molar-refractivity contribution in [3.05, 3.63) is 59.7 Å². The first kappa shape index (κ1) is 14.4. The molecule has 0 saturated heterocycles. The average molecular weight is 270 g/mol. The highest BCUT2D eigenvalue weighted by Gasteiger charge is 2.05. The Morgan fingerprint density at radius 3 is 2.40 bits per heavy atom. The van der Waals surface area contributed by atoms with E-state index >= 15 is 0 Å². The van der Waals surface area contributed by atoms with Gasteiger partial charge in [0, 0.05) is 6.07 Å². The first-order chi connectivity index (χ1) is 9.83. The highest BCUT2D eigenvalue weighted by atomic mass is 16.5. The van der Waals surface area contributed by atoms with E-state index in [0.717, 1.165) is 30.9 Å². The van der Waals surface area contributed by atoms with E-state index < -0.39 is 0 Å². The lowest BCUT2D eigenvalue weighted by molar-refractivity contribution is 0.293. The lowest BCUT2D eigenvalue weighted by Crippen LogP contribution is -2.00. The van der Waals surface area contributed by atoms with Gasteiger partial charge in [-0.25, -0.2) is 0 Å². The predicted octanol–water partition coefficient (Wildman–Crippen LogP) is 4.62. The topological polar surface area (TPSA) is 18.5 Å². The van der Waals surface area contributed by atoms with E-state index in [-0.39, 0.29) is 0 Å². The molecular weight excluding hydrogens is 248 g/mol. The van der Waals surface area contributed by atoms with Gasteiger partial charge in [0.05, 0.1) is 6.61 Å². The summed E-state index contributed by atoms with van der Waals surface area (Å²) in [4.78, 5) is 0. The molecule has 0 spiro atoms. The molecule has 0 fully saturated rings. The summed E-state index contributed by atoms with van der Waals surface area (Å²) in [7, 11) is 0. The van der Waals surface area contributed by atoms with Crippen molar-refractivity contribution < 1.29 is 9.47 Å². The summed E-state index contributed by atoms with van der Waals surface area (Å²) in [5.74, 6) is 1.80. The summed E-state index contributed by atoms with van der Waals surface area (Å²) in [6.45, 7) is 5.58. The van der Waals surface area contributed by atoms with E-state index in [1.54, 1.807) is 0 Å². The Morgan fingerprint density at radius 2 is 1.70 bits per heavy atom. The van der Waals surface area contributed by atoms with E-state index in [4.69, 9.17) is 9.47 Å². The molecule has 20 heavy (non-hydrogen) atoms. The van der Waals surface area contributed by atoms with Gasteiger partial charge in [-0.15, -0.1) is 0 Å². The maximum Gasteiger partial charge on any atom is 0.126 e. The van der Waals surface area contributed by atoms with Crippen LogP contribution in [0.1, 0.15) is 31.4 Å². The van der Waals surface area contributed by atoms with Crippen molar-refractivity contribution in [1.29, 1.82) is 0 Å². The second-order valence-electron chi connectivity index (χ2n) is 4.75. The Morgan fingerprint density at radius 1 is 0.900 bits per heavy atom. The van der Waals surface area contributed by atoms with Crippen molar-refractivity contribution in [3.8, 4) is 11.5 Å². The molecule has 106 valence electrons. The first-order valence-corrected chi connectivity index (χ1v) is 7.26. The Hall–Kier alpha value is -1.96. The van der Waals surface area contributed by atoms with Gasteiger partial charge in [0.15, 0.2) is 0 Å². The third kappa shape index (κ3) is 4.02. The molecule has 0 N–H and O–H groups in total. The van der Waals surface area contributed by atoms with Crippen molar-refractivity contribution in [2.75, 3.05) is 6.61 Å². The fourth-order valence-electron chi connectivity index (χ4n) is 2.00. The molecule has 2 aromatic carbocycles. The Bertz CT molecular complexity index is 520. The molecule has 0 aliphatic rings. The third-order valence-electron chi connectivity index (χ3n) is 3.13. The Balaban J connectivity index is 2.04. The molecule has 0 amide bonds. The molecule has 0 heterocycles. The molecular formula is C18H22O2. The minimum absolute atomic E-state index is 0.583. The van der Waals surface area contributed by atoms with Gasteiger partial charge in [-0.3, -0.25) is 0 Å². The number of ether oxygens (including phenoxy) is 2. The molecule has 0 saturated carbocycles. The molecule has 0 aliphatic heterocycles. The summed E-state index contributed by atoms with van der Waals surface area (Å²) < 4.78 is 11.6. The summed E-state index contributed by atoms with van der Waals surface area (Å²) >= 11 is 0. The molecule has 2 heteroatoms. The quantitative estimate of drug-likeness (QED) is 0.731. The van der Waals surface area contributed by atoms with Crippen LogP contribution in [0.2, 0.25) is 0 Å². The van der Waals surface area contributed by atoms with Crippen LogP contribution in [-0.2, 0) is 13.0 Å². The summed E-state index contributed by atoms with van der Waals surface area (Å²) in [6, 6.07) is 16.3. The molecule has 0 radical (unpaired) electrons. The maximum atomic E-state index is 5.83. The van der Waals surface area contributed by atoms with Crippen molar-refractivity contribution >= 4 is 0 Å². The summed E-state index contributed by atoms with van der Waals surface area (Å²) in [6.07, 6.45) is 1.98. The van der Waals surface area contributed by atoms with Crippen molar-refractivity contribution in [2.45, 2.75) is 33.3 Å². The zero-order valence-electron chi connectivity index (χ0n) is 12.3. The summed E-state index contributed by atoms with van der Waals surface area (Å²) in [5, 5.41) is 0. The van der Waals surface area contributed by atoms with Gasteiger partial charge in [0.2, 0.25) is 0 Å². The highest BCUT2D eigenvalue weighted by Crippen LogP contribution is 2.26. The van der Waals surface area contributed by atoms with Gasteiger partial charge in [0.1, 0.15) is 18.1 Å². The fourth-order valence-corrected chi connectivity index (χ4v) is 2.00. The van der Waals surface area contributed by atoms with Gasteiger partial charge in [-0.2, -0.15) is 0 Å². The van der Waals surface area contributed by atoms with E-state index in [2.05, 4.69) is 32.0 Å². The first-order valence-electron chi connectivity index (χ1n) is 7.26. The monoisotopic (exact) mass is 270 g/mol. The second kappa shape index (κ2) is 7.59. The molecule has 0 unspecified atom stereocenters. The van der Waals surface area contributed by atoms with Crippen molar-refractivity contribution in [2.24, 2.45) is 0 Å². The zero-order valence-corrected chi connectivity index (χ0v) is 12.3. The van der Waals surface area contributed by atoms with Crippen LogP contribution in [0.25, 0.3) is 0 Å². The molecule has 2 nitrogen and oxygen atoms in total. The van der Waals surface area contributed by atoms with Crippen LogP contribution in [0.15, 0.2) is 48.5 Å². The van der Waals surface area contributed by atoms with E-state index in [1.807, 2.05) is 30.3 Å². The standard InChI is InChI=1S/C18H22O2/c1-3-12-19-18-13-17(11-10-16(18)4-2)20-14-15-8-6-5-7-9-15/h5-11,13H,3-4,12,14H2,1-2H3. The number of benzene rings is 2. The maximum absolute atomic E-state index is 5.83. The van der Waals surface area contributed by atoms with Crippen LogP contribution in [0.3, 0.4) is 0 Å². The minimum Gasteiger partial charge on any atom is -0.493 e. The lowest BCUT2D eigenvalue weighted by Gasteiger charge is -2.12. The Labute approximate surface area is 121 Å². The Kier molecular flexibility index (Phi) is 5.48. The molecule has 2 aromatic rings. The largest absolute Gasteiger partial charge is 0.493 e. The van der Waals surface area contributed by atoms with E-state index in [0.29, 0.717) is 6.61 Å². The van der Waals surface area contributed by atoms with E-state index in [9.17, 15) is 0 Å². The van der Waals surface area contributed by atoms with E-state index in [1.165, 1.54) is 11.1 Å². The van der Waals surface area contributed by atoms with Crippen LogP contribution in [-0.4, -0.2) is 6.61 Å². The smallest absolute Gasteiger partial charge is 0.126 e. The second-order valence-corrected chi connectivity index (χ2v) is 4.75. The fraction of sp³-hybridized carbons (Fsp3) is 0.333. The van der Waals surface area contributed by atoms with Crippen LogP contribution in [0.4, 0.5) is 0 Å². The number of hydrogen-bond donors (Lipinski definition) is 0. The van der Waals surface area contributed by atoms with Crippen LogP contribution in [0, 0.1) is 0 Å². The van der Waals surface area contributed by atoms with Gasteiger partial charge < -0.3 is 9.47 Å². The molecule has 0 aromatic heterocycles. The van der Waals surface area contributed by atoms with Crippen molar-refractivity contribution in [1.82, 2.24) is 0 Å². The van der Waals surface area contributed by atoms with Gasteiger partial charge in [0.25, 0.3) is 0 Å². The van der Waals surface area contributed by atoms with Crippen molar-refractivity contribution in [3.63, 3.8) is 0 Å². The predicted molar refractivity (Wildman–Crippen MR) is 82.4 cm³/mol. The highest BCUT2D eigenvalue weighted by molar-refractivity contribution is 5.40. The van der Waals surface area contributed by atoms with Gasteiger partial charge in [-0.05, 0) is 30.0 Å².